The largest absolute Gasteiger partial charge is 0.573 e. The van der Waals surface area contributed by atoms with Gasteiger partial charge in [-0.25, -0.2) is 0 Å². The number of carbonyl (C=O) groups is 1. The maximum absolute atomic E-state index is 13.5. The van der Waals surface area contributed by atoms with Crippen LogP contribution in [-0.4, -0.2) is 24.4 Å². The van der Waals surface area contributed by atoms with Crippen LogP contribution in [0.1, 0.15) is 27.2 Å². The first-order chi connectivity index (χ1) is 16.3. The molecule has 0 unspecified atom stereocenters. The molecule has 3 rings (SSSR count). The van der Waals surface area contributed by atoms with E-state index in [-0.39, 0.29) is 22.9 Å². The third-order valence-electron chi connectivity index (χ3n) is 4.70. The van der Waals surface area contributed by atoms with Gasteiger partial charge < -0.3 is 19.5 Å². The average molecular weight is 500 g/mol. The van der Waals surface area contributed by atoms with E-state index in [1.165, 1.54) is 18.3 Å². The number of rotatable bonds is 6. The third kappa shape index (κ3) is 6.34. The van der Waals surface area contributed by atoms with Gasteiger partial charge in [-0.2, -0.15) is 13.2 Å². The number of halogens is 6. The van der Waals surface area contributed by atoms with Crippen LogP contribution in [0.2, 0.25) is 0 Å². The molecule has 0 saturated carbocycles. The van der Waals surface area contributed by atoms with Crippen molar-refractivity contribution in [1.29, 1.82) is 0 Å². The molecule has 3 aromatic rings. The Balaban J connectivity index is 2.05. The monoisotopic (exact) mass is 500 g/mol. The Hall–Kier alpha value is -3.96. The number of alkyl halides is 6. The van der Waals surface area contributed by atoms with Gasteiger partial charge in [0.1, 0.15) is 11.5 Å². The van der Waals surface area contributed by atoms with Crippen LogP contribution in [0, 0.1) is 13.8 Å². The zero-order valence-electron chi connectivity index (χ0n) is 18.5. The Bertz CT molecular complexity index is 1240. The molecule has 1 heterocycles. The van der Waals surface area contributed by atoms with Gasteiger partial charge in [-0.1, -0.05) is 0 Å². The van der Waals surface area contributed by atoms with Crippen molar-refractivity contribution in [1.82, 2.24) is 4.98 Å². The normalized spacial score (nSPS) is 11.7. The van der Waals surface area contributed by atoms with Crippen molar-refractivity contribution in [3.8, 4) is 23.0 Å². The number of ether oxygens (including phenoxy) is 3. The number of aromatic nitrogens is 1. The Morgan fingerprint density at radius 2 is 1.60 bits per heavy atom. The highest BCUT2D eigenvalue weighted by atomic mass is 19.4. The molecule has 35 heavy (non-hydrogen) atoms. The summed E-state index contributed by atoms with van der Waals surface area (Å²) in [4.78, 5) is 17.0. The van der Waals surface area contributed by atoms with Crippen LogP contribution in [0.5, 0.6) is 23.0 Å². The highest BCUT2D eigenvalue weighted by Gasteiger charge is 2.35. The number of hydrogen-bond donors (Lipinski definition) is 1. The molecule has 0 aliphatic heterocycles. The molecule has 2 aromatic carbocycles. The maximum atomic E-state index is 13.5. The standard InChI is InChI=1S/C23H18F6N2O4/c1-12-10-14(8-9-30-12)31-21(32)20-13(2)16(22(24,25)26)5-7-18(20)34-17-6-4-15(11-19(17)33-3)35-23(27,28)29/h4-11H,1-3H3,(H,30,31,32). The number of nitrogens with zero attached hydrogens (tertiary/aromatic N) is 1. The van der Waals surface area contributed by atoms with Gasteiger partial charge in [-0.3, -0.25) is 9.78 Å². The number of methoxy groups -OCH3 is 1. The summed E-state index contributed by atoms with van der Waals surface area (Å²) in [5.41, 5.74) is -1.04. The fraction of sp³-hybridized carbons (Fsp3) is 0.217. The number of carbonyl (C=O) groups excluding carboxylic acids is 1. The molecule has 12 heteroatoms. The zero-order chi connectivity index (χ0) is 26.0. The first kappa shape index (κ1) is 25.7. The summed E-state index contributed by atoms with van der Waals surface area (Å²) in [7, 11) is 1.15. The predicted octanol–water partition coefficient (Wildman–Crippen LogP) is 6.67. The molecule has 1 aromatic heterocycles. The van der Waals surface area contributed by atoms with Crippen LogP contribution in [0.3, 0.4) is 0 Å². The van der Waals surface area contributed by atoms with Crippen molar-refractivity contribution in [2.75, 3.05) is 12.4 Å². The molecule has 0 aliphatic rings. The summed E-state index contributed by atoms with van der Waals surface area (Å²) in [6.45, 7) is 2.78. The first-order valence-corrected chi connectivity index (χ1v) is 9.85. The Labute approximate surface area is 195 Å². The maximum Gasteiger partial charge on any atom is 0.573 e. The minimum atomic E-state index is -4.95. The highest BCUT2D eigenvalue weighted by Crippen LogP contribution is 2.41. The summed E-state index contributed by atoms with van der Waals surface area (Å²) in [6.07, 6.45) is -8.29. The molecule has 1 amide bonds. The molecule has 0 radical (unpaired) electrons. The van der Waals surface area contributed by atoms with Gasteiger partial charge in [-0.15, -0.1) is 13.2 Å². The summed E-state index contributed by atoms with van der Waals surface area (Å²) >= 11 is 0. The lowest BCUT2D eigenvalue weighted by Crippen LogP contribution is -2.18. The van der Waals surface area contributed by atoms with E-state index < -0.39 is 40.9 Å². The van der Waals surface area contributed by atoms with E-state index >= 15 is 0 Å². The second kappa shape index (κ2) is 9.72. The van der Waals surface area contributed by atoms with E-state index in [0.29, 0.717) is 5.69 Å². The van der Waals surface area contributed by atoms with Gasteiger partial charge in [0.25, 0.3) is 5.91 Å². The molecular formula is C23H18F6N2O4. The van der Waals surface area contributed by atoms with Crippen LogP contribution in [0.4, 0.5) is 32.0 Å². The number of hydrogen-bond acceptors (Lipinski definition) is 5. The van der Waals surface area contributed by atoms with E-state index in [0.717, 1.165) is 44.4 Å². The molecule has 1 N–H and O–H groups in total. The Morgan fingerprint density at radius 1 is 0.914 bits per heavy atom. The zero-order valence-corrected chi connectivity index (χ0v) is 18.5. The highest BCUT2D eigenvalue weighted by molar-refractivity contribution is 6.07. The van der Waals surface area contributed by atoms with Gasteiger partial charge in [0, 0.05) is 23.6 Å². The number of nitrogens with one attached hydrogen (secondary N) is 1. The number of benzene rings is 2. The van der Waals surface area contributed by atoms with E-state index in [1.54, 1.807) is 6.92 Å². The average Bonchev–Trinajstić information content (AvgIpc) is 2.72. The first-order valence-electron chi connectivity index (χ1n) is 9.85. The quantitative estimate of drug-likeness (QED) is 0.383. The van der Waals surface area contributed by atoms with Crippen LogP contribution in [-0.2, 0) is 6.18 Å². The Kier molecular flexibility index (Phi) is 7.13. The van der Waals surface area contributed by atoms with Crippen LogP contribution in [0.15, 0.2) is 48.7 Å². The number of aryl methyl sites for hydroxylation is 1. The topological polar surface area (TPSA) is 69.7 Å². The number of anilines is 1. The van der Waals surface area contributed by atoms with Crippen LogP contribution >= 0.6 is 0 Å². The smallest absolute Gasteiger partial charge is 0.493 e. The van der Waals surface area contributed by atoms with E-state index in [1.807, 2.05) is 0 Å². The molecule has 0 saturated heterocycles. The second-order valence-corrected chi connectivity index (χ2v) is 7.21. The van der Waals surface area contributed by atoms with Gasteiger partial charge in [0.05, 0.1) is 18.2 Å². The lowest BCUT2D eigenvalue weighted by Gasteiger charge is -2.19. The number of pyridine rings is 1. The SMILES string of the molecule is COc1cc(OC(F)(F)F)ccc1Oc1ccc(C(F)(F)F)c(C)c1C(=O)Nc1ccnc(C)c1. The lowest BCUT2D eigenvalue weighted by atomic mass is 10.00. The van der Waals surface area contributed by atoms with E-state index in [2.05, 4.69) is 15.0 Å². The molecule has 0 bridgehead atoms. The summed E-state index contributed by atoms with van der Waals surface area (Å²) in [5, 5.41) is 2.51. The minimum absolute atomic E-state index is 0.157. The van der Waals surface area contributed by atoms with Crippen molar-refractivity contribution in [3.05, 3.63) is 71.0 Å². The van der Waals surface area contributed by atoms with Gasteiger partial charge in [0.15, 0.2) is 11.5 Å². The van der Waals surface area contributed by atoms with Crippen LogP contribution in [0.25, 0.3) is 0 Å². The number of amides is 1. The summed E-state index contributed by atoms with van der Waals surface area (Å²) in [5.74, 6) is -2.14. The van der Waals surface area contributed by atoms with Gasteiger partial charge in [0.2, 0.25) is 0 Å². The minimum Gasteiger partial charge on any atom is -0.493 e. The van der Waals surface area contributed by atoms with E-state index in [4.69, 9.17) is 9.47 Å². The van der Waals surface area contributed by atoms with Gasteiger partial charge >= 0.3 is 12.5 Å². The van der Waals surface area contributed by atoms with Crippen molar-refractivity contribution < 1.29 is 45.3 Å². The van der Waals surface area contributed by atoms with Crippen LogP contribution < -0.4 is 19.5 Å². The molecule has 0 aliphatic carbocycles. The van der Waals surface area contributed by atoms with Crippen molar-refractivity contribution in [2.45, 2.75) is 26.4 Å². The van der Waals surface area contributed by atoms with E-state index in [9.17, 15) is 31.1 Å². The molecule has 6 nitrogen and oxygen atoms in total. The van der Waals surface area contributed by atoms with Gasteiger partial charge in [-0.05, 0) is 55.8 Å². The second-order valence-electron chi connectivity index (χ2n) is 7.21. The van der Waals surface area contributed by atoms with Crippen molar-refractivity contribution in [3.63, 3.8) is 0 Å². The predicted molar refractivity (Wildman–Crippen MR) is 113 cm³/mol. The van der Waals surface area contributed by atoms with Crippen molar-refractivity contribution in [2.24, 2.45) is 0 Å². The Morgan fingerprint density at radius 3 is 2.20 bits per heavy atom. The molecular weight excluding hydrogens is 482 g/mol. The fourth-order valence-electron chi connectivity index (χ4n) is 3.23. The fourth-order valence-corrected chi connectivity index (χ4v) is 3.23. The summed E-state index contributed by atoms with van der Waals surface area (Å²) in [6, 6.07) is 7.55. The van der Waals surface area contributed by atoms with Crippen molar-refractivity contribution >= 4 is 11.6 Å². The molecule has 0 atom stereocenters. The summed E-state index contributed by atoms with van der Waals surface area (Å²) < 4.78 is 92.6. The lowest BCUT2D eigenvalue weighted by molar-refractivity contribution is -0.274. The molecule has 0 fully saturated rings. The third-order valence-corrected chi connectivity index (χ3v) is 4.70. The molecule has 0 spiro atoms. The molecule has 186 valence electrons.